The average Bonchev–Trinajstić information content (AvgIpc) is 3.65. The molecular formula is C32H41N3O3. The van der Waals surface area contributed by atoms with Crippen molar-refractivity contribution in [1.82, 2.24) is 9.78 Å². The fourth-order valence-corrected chi connectivity index (χ4v) is 6.05. The fraction of sp³-hybridized carbons (Fsp3) is 0.500. The molecule has 0 bridgehead atoms. The van der Waals surface area contributed by atoms with Crippen LogP contribution in [0.1, 0.15) is 94.7 Å². The van der Waals surface area contributed by atoms with Crippen molar-refractivity contribution in [2.24, 2.45) is 5.92 Å². The van der Waals surface area contributed by atoms with E-state index in [4.69, 9.17) is 9.47 Å². The minimum Gasteiger partial charge on any atom is -0.454 e. The van der Waals surface area contributed by atoms with Crippen molar-refractivity contribution in [3.8, 4) is 11.5 Å². The molecule has 3 aromatic rings. The molecule has 0 radical (unpaired) electrons. The first-order valence-electron chi connectivity index (χ1n) is 14.2. The molecule has 1 saturated carbocycles. The first-order chi connectivity index (χ1) is 18.4. The van der Waals surface area contributed by atoms with Crippen LogP contribution in [0.15, 0.2) is 54.9 Å². The van der Waals surface area contributed by atoms with E-state index in [-0.39, 0.29) is 24.0 Å². The van der Waals surface area contributed by atoms with Crippen LogP contribution in [0.2, 0.25) is 0 Å². The number of amides is 1. The molecule has 0 saturated heterocycles. The van der Waals surface area contributed by atoms with Gasteiger partial charge in [-0.3, -0.25) is 9.48 Å². The molecule has 2 heterocycles. The van der Waals surface area contributed by atoms with Crippen molar-refractivity contribution in [1.29, 1.82) is 0 Å². The highest BCUT2D eigenvalue weighted by atomic mass is 16.7. The van der Waals surface area contributed by atoms with Gasteiger partial charge in [0.25, 0.3) is 0 Å². The molecule has 1 amide bonds. The van der Waals surface area contributed by atoms with E-state index < -0.39 is 0 Å². The van der Waals surface area contributed by atoms with Crippen molar-refractivity contribution >= 4 is 11.6 Å². The molecule has 1 aromatic heterocycles. The molecule has 1 atom stereocenters. The number of ether oxygens (including phenoxy) is 2. The standard InChI is InChI=1S/C32H41N3O3/c1-32(2,3)27-16-15-24(21-35-18-8-17-33-35)19-28(27)34-30(36)20-25(12-6-11-23-9-4-5-10-23)26-13-7-14-29-31(26)38-22-37-29/h7-8,13-19,23,25H,4-6,9-12,20-22H2,1-3H3,(H,34,36). The number of anilines is 1. The normalized spacial score (nSPS) is 16.1. The highest BCUT2D eigenvalue weighted by Crippen LogP contribution is 2.42. The van der Waals surface area contributed by atoms with Crippen molar-refractivity contribution < 1.29 is 14.3 Å². The Hall–Kier alpha value is -3.28. The van der Waals surface area contributed by atoms with Gasteiger partial charge in [-0.15, -0.1) is 0 Å². The van der Waals surface area contributed by atoms with Crippen LogP contribution < -0.4 is 14.8 Å². The van der Waals surface area contributed by atoms with Crippen molar-refractivity contribution in [3.63, 3.8) is 0 Å². The first kappa shape index (κ1) is 26.3. The molecule has 202 valence electrons. The van der Waals surface area contributed by atoms with Crippen molar-refractivity contribution in [3.05, 3.63) is 71.5 Å². The number of carbonyl (C=O) groups is 1. The molecule has 1 N–H and O–H groups in total. The Morgan fingerprint density at radius 3 is 2.74 bits per heavy atom. The third kappa shape index (κ3) is 6.40. The molecule has 1 aliphatic heterocycles. The number of nitrogens with one attached hydrogen (secondary N) is 1. The molecular weight excluding hydrogens is 474 g/mol. The second-order valence-electron chi connectivity index (χ2n) is 11.9. The lowest BCUT2D eigenvalue weighted by molar-refractivity contribution is -0.116. The summed E-state index contributed by atoms with van der Waals surface area (Å²) in [6.45, 7) is 7.45. The highest BCUT2D eigenvalue weighted by molar-refractivity contribution is 5.92. The van der Waals surface area contributed by atoms with Gasteiger partial charge in [0.1, 0.15) is 0 Å². The van der Waals surface area contributed by atoms with Gasteiger partial charge in [-0.1, -0.05) is 83.6 Å². The number of benzene rings is 2. The maximum atomic E-state index is 13.6. The lowest BCUT2D eigenvalue weighted by Crippen LogP contribution is -2.21. The van der Waals surface area contributed by atoms with Gasteiger partial charge in [-0.2, -0.15) is 5.10 Å². The summed E-state index contributed by atoms with van der Waals surface area (Å²) < 4.78 is 13.4. The van der Waals surface area contributed by atoms with Gasteiger partial charge in [0, 0.05) is 30.1 Å². The van der Waals surface area contributed by atoms with Gasteiger partial charge >= 0.3 is 0 Å². The quantitative estimate of drug-likeness (QED) is 0.305. The molecule has 38 heavy (non-hydrogen) atoms. The van der Waals surface area contributed by atoms with E-state index in [1.165, 1.54) is 32.1 Å². The fourth-order valence-electron chi connectivity index (χ4n) is 6.05. The summed E-state index contributed by atoms with van der Waals surface area (Å²) in [4.78, 5) is 13.6. The third-order valence-corrected chi connectivity index (χ3v) is 8.01. The Kier molecular flexibility index (Phi) is 8.06. The summed E-state index contributed by atoms with van der Waals surface area (Å²) in [7, 11) is 0. The zero-order valence-corrected chi connectivity index (χ0v) is 23.0. The number of aromatic nitrogens is 2. The summed E-state index contributed by atoms with van der Waals surface area (Å²) in [5.74, 6) is 2.55. The third-order valence-electron chi connectivity index (χ3n) is 8.01. The maximum Gasteiger partial charge on any atom is 0.231 e. The summed E-state index contributed by atoms with van der Waals surface area (Å²) in [6, 6.07) is 14.4. The number of carbonyl (C=O) groups excluding carboxylic acids is 1. The zero-order valence-electron chi connectivity index (χ0n) is 23.0. The number of hydrogen-bond donors (Lipinski definition) is 1. The van der Waals surface area contributed by atoms with Gasteiger partial charge in [-0.25, -0.2) is 0 Å². The van der Waals surface area contributed by atoms with E-state index in [0.717, 1.165) is 52.6 Å². The molecule has 6 heteroatoms. The van der Waals surface area contributed by atoms with E-state index in [9.17, 15) is 4.79 Å². The summed E-state index contributed by atoms with van der Waals surface area (Å²) in [5, 5.41) is 7.63. The number of nitrogens with zero attached hydrogens (tertiary/aromatic N) is 2. The summed E-state index contributed by atoms with van der Waals surface area (Å²) in [5.41, 5.74) is 4.11. The van der Waals surface area contributed by atoms with Crippen LogP contribution in [-0.4, -0.2) is 22.5 Å². The molecule has 1 fully saturated rings. The largest absolute Gasteiger partial charge is 0.454 e. The Labute approximate surface area is 226 Å². The Morgan fingerprint density at radius 1 is 1.13 bits per heavy atom. The number of rotatable bonds is 10. The summed E-state index contributed by atoms with van der Waals surface area (Å²) >= 11 is 0. The lowest BCUT2D eigenvalue weighted by atomic mass is 9.84. The maximum absolute atomic E-state index is 13.6. The van der Waals surface area contributed by atoms with E-state index in [0.29, 0.717) is 13.0 Å². The van der Waals surface area contributed by atoms with E-state index >= 15 is 0 Å². The molecule has 2 aliphatic rings. The Bertz CT molecular complexity index is 1220. The first-order valence-corrected chi connectivity index (χ1v) is 14.2. The Morgan fingerprint density at radius 2 is 1.97 bits per heavy atom. The minimum atomic E-state index is -0.0983. The van der Waals surface area contributed by atoms with E-state index in [1.54, 1.807) is 6.20 Å². The minimum absolute atomic E-state index is 0.0362. The van der Waals surface area contributed by atoms with E-state index in [1.807, 2.05) is 29.1 Å². The number of para-hydroxylation sites is 1. The molecule has 1 unspecified atom stereocenters. The predicted octanol–water partition coefficient (Wildman–Crippen LogP) is 7.43. The monoisotopic (exact) mass is 515 g/mol. The molecule has 6 nitrogen and oxygen atoms in total. The van der Waals surface area contributed by atoms with Crippen LogP contribution in [0, 0.1) is 5.92 Å². The molecule has 2 aromatic carbocycles. The van der Waals surface area contributed by atoms with Crippen LogP contribution >= 0.6 is 0 Å². The van der Waals surface area contributed by atoms with Crippen LogP contribution in [0.4, 0.5) is 5.69 Å². The van der Waals surface area contributed by atoms with Crippen LogP contribution in [0.3, 0.4) is 0 Å². The van der Waals surface area contributed by atoms with Gasteiger partial charge in [0.2, 0.25) is 12.7 Å². The molecule has 5 rings (SSSR count). The average molecular weight is 516 g/mol. The zero-order chi connectivity index (χ0) is 26.5. The van der Waals surface area contributed by atoms with Crippen LogP contribution in [-0.2, 0) is 16.8 Å². The topological polar surface area (TPSA) is 65.4 Å². The van der Waals surface area contributed by atoms with Gasteiger partial charge in [0.15, 0.2) is 11.5 Å². The molecule has 0 spiro atoms. The van der Waals surface area contributed by atoms with Gasteiger partial charge < -0.3 is 14.8 Å². The number of hydrogen-bond acceptors (Lipinski definition) is 4. The van der Waals surface area contributed by atoms with E-state index in [2.05, 4.69) is 55.5 Å². The van der Waals surface area contributed by atoms with Crippen molar-refractivity contribution in [2.75, 3.05) is 12.1 Å². The van der Waals surface area contributed by atoms with Crippen LogP contribution in [0.25, 0.3) is 0 Å². The van der Waals surface area contributed by atoms with Gasteiger partial charge in [0.05, 0.1) is 6.54 Å². The van der Waals surface area contributed by atoms with Crippen LogP contribution in [0.5, 0.6) is 11.5 Å². The predicted molar refractivity (Wildman–Crippen MR) is 151 cm³/mol. The SMILES string of the molecule is CC(C)(C)c1ccc(Cn2cccn2)cc1NC(=O)CC(CCCC1CCCC1)c1cccc2c1OCO2. The van der Waals surface area contributed by atoms with Crippen molar-refractivity contribution in [2.45, 2.75) is 90.0 Å². The van der Waals surface area contributed by atoms with Gasteiger partial charge in [-0.05, 0) is 53.0 Å². The molecule has 1 aliphatic carbocycles. The summed E-state index contributed by atoms with van der Waals surface area (Å²) in [6.07, 6.45) is 12.9. The smallest absolute Gasteiger partial charge is 0.231 e. The Balaban J connectivity index is 1.34. The highest BCUT2D eigenvalue weighted by Gasteiger charge is 2.27. The second kappa shape index (κ2) is 11.6. The second-order valence-corrected chi connectivity index (χ2v) is 11.9. The lowest BCUT2D eigenvalue weighted by Gasteiger charge is -2.25. The number of fused-ring (bicyclic) bond motifs is 1.